The molecule has 0 aromatic heterocycles. The molecule has 0 bridgehead atoms. The number of hydrogen-bond donors (Lipinski definition) is 0. The normalized spacial score (nSPS) is 28.8. The minimum Gasteiger partial charge on any atom is -0.540 e. The molecular formula is C33H54O4Si. The number of carbonyl (C=O) groups is 1. The van der Waals surface area contributed by atoms with Crippen molar-refractivity contribution >= 4 is 14.3 Å². The van der Waals surface area contributed by atoms with Crippen molar-refractivity contribution in [3.63, 3.8) is 0 Å². The number of esters is 1. The highest BCUT2D eigenvalue weighted by Gasteiger charge is 2.55. The lowest BCUT2D eigenvalue weighted by Gasteiger charge is -2.51. The predicted molar refractivity (Wildman–Crippen MR) is 159 cm³/mol. The maximum Gasteiger partial charge on any atom is 0.302 e. The summed E-state index contributed by atoms with van der Waals surface area (Å²) < 4.78 is 19.2. The monoisotopic (exact) mass is 542 g/mol. The quantitative estimate of drug-likeness (QED) is 0.230. The zero-order valence-electron chi connectivity index (χ0n) is 25.9. The van der Waals surface area contributed by atoms with Gasteiger partial charge in [0.1, 0.15) is 12.4 Å². The fourth-order valence-electron chi connectivity index (χ4n) is 9.75. The third kappa shape index (κ3) is 4.73. The molecule has 5 heteroatoms. The summed E-state index contributed by atoms with van der Waals surface area (Å²) in [6.07, 6.45) is 8.92. The highest BCUT2D eigenvalue weighted by Crippen LogP contribution is 2.64. The maximum absolute atomic E-state index is 12.0. The van der Waals surface area contributed by atoms with Gasteiger partial charge >= 0.3 is 5.97 Å². The van der Waals surface area contributed by atoms with E-state index in [0.717, 1.165) is 35.3 Å². The molecular weight excluding hydrogens is 488 g/mol. The molecule has 3 aliphatic carbocycles. The van der Waals surface area contributed by atoms with Crippen LogP contribution in [0.1, 0.15) is 123 Å². The van der Waals surface area contributed by atoms with Gasteiger partial charge in [-0.25, -0.2) is 0 Å². The van der Waals surface area contributed by atoms with Crippen LogP contribution in [-0.2, 0) is 22.6 Å². The van der Waals surface area contributed by atoms with E-state index >= 15 is 0 Å². The zero-order chi connectivity index (χ0) is 28.0. The number of fused-ring (bicyclic) bond motifs is 5. The number of benzene rings is 1. The Bertz CT molecular complexity index is 993. The molecule has 38 heavy (non-hydrogen) atoms. The Hall–Kier alpha value is -1.49. The van der Waals surface area contributed by atoms with E-state index < -0.39 is 8.32 Å². The molecule has 5 atom stereocenters. The smallest absolute Gasteiger partial charge is 0.302 e. The second-order valence-electron chi connectivity index (χ2n) is 13.8. The summed E-state index contributed by atoms with van der Waals surface area (Å²) in [5.74, 6) is 4.32. The first kappa shape index (κ1) is 29.5. The van der Waals surface area contributed by atoms with Gasteiger partial charge in [-0.15, -0.1) is 0 Å². The van der Waals surface area contributed by atoms with E-state index in [1.54, 1.807) is 7.11 Å². The van der Waals surface area contributed by atoms with Crippen molar-refractivity contribution in [3.8, 4) is 11.5 Å². The van der Waals surface area contributed by atoms with Crippen LogP contribution in [0.4, 0.5) is 0 Å². The Labute approximate surface area is 233 Å². The van der Waals surface area contributed by atoms with Gasteiger partial charge in [0, 0.05) is 12.5 Å². The van der Waals surface area contributed by atoms with Crippen molar-refractivity contribution in [2.45, 2.75) is 136 Å². The molecule has 0 N–H and O–H groups in total. The van der Waals surface area contributed by atoms with Gasteiger partial charge in [0.2, 0.25) is 0 Å². The van der Waals surface area contributed by atoms with E-state index in [9.17, 15) is 4.79 Å². The minimum atomic E-state index is -2.19. The van der Waals surface area contributed by atoms with Crippen LogP contribution in [0.25, 0.3) is 0 Å². The number of ether oxygens (including phenoxy) is 2. The van der Waals surface area contributed by atoms with Crippen LogP contribution in [-0.4, -0.2) is 21.4 Å². The lowest BCUT2D eigenvalue weighted by molar-refractivity contribution is -0.142. The molecule has 2 saturated carbocycles. The van der Waals surface area contributed by atoms with Crippen LogP contribution in [0.5, 0.6) is 11.5 Å². The molecule has 214 valence electrons. The molecule has 0 unspecified atom stereocenters. The zero-order valence-corrected chi connectivity index (χ0v) is 26.9. The summed E-state index contributed by atoms with van der Waals surface area (Å²) in [6, 6.07) is 2.33. The fourth-order valence-corrected chi connectivity index (χ4v) is 15.0. The molecule has 0 amide bonds. The summed E-state index contributed by atoms with van der Waals surface area (Å²) >= 11 is 0. The molecule has 1 aromatic carbocycles. The number of methoxy groups -OCH3 is 1. The molecule has 4 nitrogen and oxygen atoms in total. The van der Waals surface area contributed by atoms with Crippen molar-refractivity contribution in [2.24, 2.45) is 23.2 Å². The van der Waals surface area contributed by atoms with Crippen LogP contribution in [0.15, 0.2) is 6.07 Å². The third-order valence-corrected chi connectivity index (χ3v) is 17.3. The van der Waals surface area contributed by atoms with Crippen LogP contribution in [0.3, 0.4) is 0 Å². The number of hydrogen-bond acceptors (Lipinski definition) is 4. The van der Waals surface area contributed by atoms with Gasteiger partial charge < -0.3 is 13.9 Å². The molecule has 0 spiro atoms. The van der Waals surface area contributed by atoms with Gasteiger partial charge in [-0.05, 0) is 101 Å². The average Bonchev–Trinajstić information content (AvgIpc) is 3.20. The Morgan fingerprint density at radius 3 is 2.26 bits per heavy atom. The summed E-state index contributed by atoms with van der Waals surface area (Å²) in [5.41, 5.74) is 5.76. The lowest BCUT2D eigenvalue weighted by atomic mass is 9.53. The lowest BCUT2D eigenvalue weighted by Crippen LogP contribution is -2.50. The number of aryl methyl sites for hydroxylation is 1. The van der Waals surface area contributed by atoms with Gasteiger partial charge in [-0.3, -0.25) is 4.79 Å². The second-order valence-corrected chi connectivity index (χ2v) is 19.2. The van der Waals surface area contributed by atoms with Crippen LogP contribution in [0.2, 0.25) is 16.6 Å². The van der Waals surface area contributed by atoms with E-state index in [1.807, 2.05) is 0 Å². The van der Waals surface area contributed by atoms with Crippen molar-refractivity contribution in [1.82, 2.24) is 0 Å². The van der Waals surface area contributed by atoms with Gasteiger partial charge in [0.05, 0.1) is 7.11 Å². The largest absolute Gasteiger partial charge is 0.540 e. The van der Waals surface area contributed by atoms with Crippen molar-refractivity contribution < 1.29 is 18.7 Å². The van der Waals surface area contributed by atoms with Gasteiger partial charge in [0.15, 0.2) is 5.75 Å². The summed E-state index contributed by atoms with van der Waals surface area (Å²) in [7, 11) is -0.431. The first-order chi connectivity index (χ1) is 17.9. The topological polar surface area (TPSA) is 44.8 Å². The van der Waals surface area contributed by atoms with E-state index in [1.165, 1.54) is 56.6 Å². The van der Waals surface area contributed by atoms with Crippen LogP contribution >= 0.6 is 0 Å². The average molecular weight is 543 g/mol. The molecule has 2 fully saturated rings. The van der Waals surface area contributed by atoms with E-state index in [0.29, 0.717) is 33.9 Å². The van der Waals surface area contributed by atoms with Gasteiger partial charge in [0.25, 0.3) is 8.32 Å². The molecule has 0 heterocycles. The first-order valence-corrected chi connectivity index (χ1v) is 17.6. The highest BCUT2D eigenvalue weighted by molar-refractivity contribution is 6.78. The molecule has 0 radical (unpaired) electrons. The number of rotatable bonds is 9. The van der Waals surface area contributed by atoms with Gasteiger partial charge in [-0.2, -0.15) is 0 Å². The third-order valence-electron chi connectivity index (χ3n) is 11.3. The Balaban J connectivity index is 1.83. The van der Waals surface area contributed by atoms with Crippen molar-refractivity contribution in [2.75, 3.05) is 7.11 Å². The predicted octanol–water partition coefficient (Wildman–Crippen LogP) is 9.19. The molecule has 0 aliphatic heterocycles. The Morgan fingerprint density at radius 1 is 1.05 bits per heavy atom. The highest BCUT2D eigenvalue weighted by atomic mass is 28.4. The first-order valence-electron chi connectivity index (χ1n) is 15.5. The SMILES string of the molecule is CC[C@H]1CC[C@H]2[C@@H]3CCc4cc(O[Si](C(C)C)(C(C)C)C(C)C)c(OC)c(COC(C)=O)c4[C@H]3CC[C@]12C. The molecule has 1 aromatic rings. The summed E-state index contributed by atoms with van der Waals surface area (Å²) in [4.78, 5) is 12.0. The van der Waals surface area contributed by atoms with E-state index in [-0.39, 0.29) is 12.6 Å². The number of carbonyl (C=O) groups excluding carboxylic acids is 1. The Kier molecular flexibility index (Phi) is 8.67. The minimum absolute atomic E-state index is 0.243. The standard InChI is InChI=1S/C33H54O4Si/c1-11-25-13-15-29-26-14-12-24-18-30(37-38(20(2)3,21(4)5)22(6)7)32(35-10)28(19-36-23(8)34)31(24)27(26)16-17-33(25,29)9/h18,20-22,25-27,29H,11-17,19H2,1-10H3/t25-,26+,27-,29-,33+/m0/s1. The van der Waals surface area contributed by atoms with E-state index in [2.05, 4.69) is 61.5 Å². The summed E-state index contributed by atoms with van der Waals surface area (Å²) in [6.45, 7) is 20.7. The van der Waals surface area contributed by atoms with Gasteiger partial charge in [-0.1, -0.05) is 61.8 Å². The van der Waals surface area contributed by atoms with Crippen LogP contribution in [0, 0.1) is 23.2 Å². The van der Waals surface area contributed by atoms with Crippen LogP contribution < -0.4 is 9.16 Å². The second kappa shape index (κ2) is 11.2. The molecule has 3 aliphatic rings. The molecule has 0 saturated heterocycles. The summed E-state index contributed by atoms with van der Waals surface area (Å²) in [5, 5.41) is 0. The Morgan fingerprint density at radius 2 is 1.71 bits per heavy atom. The fraction of sp³-hybridized carbons (Fsp3) is 0.788. The maximum atomic E-state index is 12.0. The van der Waals surface area contributed by atoms with E-state index in [4.69, 9.17) is 13.9 Å². The van der Waals surface area contributed by atoms with Crippen molar-refractivity contribution in [1.29, 1.82) is 0 Å². The van der Waals surface area contributed by atoms with Crippen molar-refractivity contribution in [3.05, 3.63) is 22.8 Å². The molecule has 4 rings (SSSR count).